The van der Waals surface area contributed by atoms with Crippen LogP contribution in [0.4, 0.5) is 4.79 Å². The Hall–Kier alpha value is -2.03. The number of terminal acetylenes is 1. The first kappa shape index (κ1) is 16.3. The van der Waals surface area contributed by atoms with Gasteiger partial charge in [-0.05, 0) is 24.1 Å². The summed E-state index contributed by atoms with van der Waals surface area (Å²) in [5.41, 5.74) is 0.548. The molecule has 1 fully saturated rings. The van der Waals surface area contributed by atoms with Crippen LogP contribution in [0.3, 0.4) is 0 Å². The van der Waals surface area contributed by atoms with Crippen LogP contribution in [0, 0.1) is 18.3 Å². The average Bonchev–Trinajstić information content (AvgIpc) is 2.94. The lowest BCUT2D eigenvalue weighted by atomic mass is 9.90. The molecule has 2 amide bonds. The Bertz CT molecular complexity index is 593. The SMILES string of the molecule is C#CCCC(C(=O)N1CCOC1=O)C(O)c1ccc(Cl)cc1. The molecule has 1 aromatic rings. The third kappa shape index (κ3) is 3.59. The lowest BCUT2D eigenvalue weighted by molar-refractivity contribution is -0.136. The van der Waals surface area contributed by atoms with Crippen LogP contribution in [0.1, 0.15) is 24.5 Å². The highest BCUT2D eigenvalue weighted by Gasteiger charge is 2.37. The largest absolute Gasteiger partial charge is 0.447 e. The van der Waals surface area contributed by atoms with Gasteiger partial charge in [-0.3, -0.25) is 4.79 Å². The van der Waals surface area contributed by atoms with E-state index < -0.39 is 24.0 Å². The molecule has 2 rings (SSSR count). The van der Waals surface area contributed by atoms with E-state index in [1.165, 1.54) is 0 Å². The first-order valence-corrected chi connectivity index (χ1v) is 7.27. The van der Waals surface area contributed by atoms with Crippen molar-refractivity contribution in [3.05, 3.63) is 34.9 Å². The average molecular weight is 322 g/mol. The number of carbonyl (C=O) groups excluding carboxylic acids is 2. The van der Waals surface area contributed by atoms with Gasteiger partial charge < -0.3 is 9.84 Å². The maximum Gasteiger partial charge on any atom is 0.416 e. The molecule has 22 heavy (non-hydrogen) atoms. The van der Waals surface area contributed by atoms with Crippen LogP contribution in [0.5, 0.6) is 0 Å². The van der Waals surface area contributed by atoms with Gasteiger partial charge in [0.15, 0.2) is 0 Å². The van der Waals surface area contributed by atoms with Crippen molar-refractivity contribution in [1.82, 2.24) is 4.90 Å². The minimum atomic E-state index is -1.06. The van der Waals surface area contributed by atoms with Gasteiger partial charge in [0.05, 0.1) is 18.6 Å². The van der Waals surface area contributed by atoms with Crippen LogP contribution in [0.2, 0.25) is 5.02 Å². The van der Waals surface area contributed by atoms with Crippen LogP contribution >= 0.6 is 11.6 Å². The van der Waals surface area contributed by atoms with Crippen LogP contribution in [-0.2, 0) is 9.53 Å². The van der Waals surface area contributed by atoms with Crippen molar-refractivity contribution >= 4 is 23.6 Å². The second-order valence-electron chi connectivity index (χ2n) is 4.95. The summed E-state index contributed by atoms with van der Waals surface area (Å²) < 4.78 is 4.77. The number of imide groups is 1. The summed E-state index contributed by atoms with van der Waals surface area (Å²) in [6, 6.07) is 6.55. The lowest BCUT2D eigenvalue weighted by Crippen LogP contribution is -2.39. The fourth-order valence-corrected chi connectivity index (χ4v) is 2.47. The molecule has 1 N–H and O–H groups in total. The molecule has 1 aliphatic heterocycles. The Morgan fingerprint density at radius 1 is 1.45 bits per heavy atom. The van der Waals surface area contributed by atoms with Gasteiger partial charge in [0.2, 0.25) is 5.91 Å². The molecule has 2 atom stereocenters. The maximum absolute atomic E-state index is 12.5. The molecule has 5 nitrogen and oxygen atoms in total. The van der Waals surface area contributed by atoms with Crippen molar-refractivity contribution in [2.24, 2.45) is 5.92 Å². The number of hydrogen-bond acceptors (Lipinski definition) is 4. The summed E-state index contributed by atoms with van der Waals surface area (Å²) in [6.45, 7) is 0.362. The first-order valence-electron chi connectivity index (χ1n) is 6.89. The van der Waals surface area contributed by atoms with Gasteiger partial charge in [-0.1, -0.05) is 23.7 Å². The Balaban J connectivity index is 2.21. The Kier molecular flexibility index (Phi) is 5.42. The summed E-state index contributed by atoms with van der Waals surface area (Å²) in [7, 11) is 0. The van der Waals surface area contributed by atoms with Crippen molar-refractivity contribution < 1.29 is 19.4 Å². The fourth-order valence-electron chi connectivity index (χ4n) is 2.34. The summed E-state index contributed by atoms with van der Waals surface area (Å²) in [5.74, 6) is 1.18. The Labute approximate surface area is 133 Å². The van der Waals surface area contributed by atoms with Gasteiger partial charge in [-0.15, -0.1) is 12.3 Å². The number of ether oxygens (including phenoxy) is 1. The van der Waals surface area contributed by atoms with Gasteiger partial charge in [-0.2, -0.15) is 0 Å². The molecule has 6 heteroatoms. The number of hydrogen-bond donors (Lipinski definition) is 1. The molecule has 116 valence electrons. The zero-order valence-corrected chi connectivity index (χ0v) is 12.6. The zero-order valence-electron chi connectivity index (χ0n) is 11.9. The second-order valence-corrected chi connectivity index (χ2v) is 5.39. The number of carbonyl (C=O) groups is 2. The molecule has 0 bridgehead atoms. The van der Waals surface area contributed by atoms with E-state index in [1.807, 2.05) is 0 Å². The van der Waals surface area contributed by atoms with E-state index in [4.69, 9.17) is 22.8 Å². The minimum absolute atomic E-state index is 0.170. The van der Waals surface area contributed by atoms with Gasteiger partial charge in [0, 0.05) is 11.4 Å². The number of rotatable bonds is 5. The Morgan fingerprint density at radius 3 is 2.68 bits per heavy atom. The van der Waals surface area contributed by atoms with E-state index in [0.717, 1.165) is 4.90 Å². The van der Waals surface area contributed by atoms with E-state index in [2.05, 4.69) is 5.92 Å². The molecule has 1 heterocycles. The highest BCUT2D eigenvalue weighted by Crippen LogP contribution is 2.29. The normalized spacial score (nSPS) is 16.8. The molecular formula is C16H16ClNO4. The predicted octanol–water partition coefficient (Wildman–Crippen LogP) is 2.38. The smallest absolute Gasteiger partial charge is 0.416 e. The highest BCUT2D eigenvalue weighted by molar-refractivity contribution is 6.30. The molecule has 1 aromatic carbocycles. The summed E-state index contributed by atoms with van der Waals surface area (Å²) >= 11 is 5.82. The molecule has 0 radical (unpaired) electrons. The standard InChI is InChI=1S/C16H16ClNO4/c1-2-3-4-13(15(20)18-9-10-22-16(18)21)14(19)11-5-7-12(17)8-6-11/h1,5-8,13-14,19H,3-4,9-10H2. The topological polar surface area (TPSA) is 66.8 Å². The molecule has 2 unspecified atom stereocenters. The Morgan fingerprint density at radius 2 is 2.14 bits per heavy atom. The van der Waals surface area contributed by atoms with Crippen molar-refractivity contribution in [3.8, 4) is 12.3 Å². The predicted molar refractivity (Wildman–Crippen MR) is 81.0 cm³/mol. The molecule has 1 saturated heterocycles. The lowest BCUT2D eigenvalue weighted by Gasteiger charge is -2.24. The first-order chi connectivity index (χ1) is 10.5. The van der Waals surface area contributed by atoms with E-state index in [9.17, 15) is 14.7 Å². The number of aliphatic hydroxyl groups is 1. The van der Waals surface area contributed by atoms with Gasteiger partial charge in [0.25, 0.3) is 0 Å². The monoisotopic (exact) mass is 321 g/mol. The van der Waals surface area contributed by atoms with Gasteiger partial charge in [0.1, 0.15) is 6.61 Å². The van der Waals surface area contributed by atoms with Crippen molar-refractivity contribution in [3.63, 3.8) is 0 Å². The molecule has 0 aliphatic carbocycles. The van der Waals surface area contributed by atoms with Crippen molar-refractivity contribution in [2.45, 2.75) is 18.9 Å². The number of cyclic esters (lactones) is 1. The zero-order chi connectivity index (χ0) is 16.1. The number of aliphatic hydroxyl groups excluding tert-OH is 1. The second kappa shape index (κ2) is 7.30. The number of amides is 2. The molecule has 0 aromatic heterocycles. The van der Waals surface area contributed by atoms with Gasteiger partial charge in [-0.25, -0.2) is 9.69 Å². The summed E-state index contributed by atoms with van der Waals surface area (Å²) in [6.07, 6.45) is 4.11. The van der Waals surface area contributed by atoms with E-state index >= 15 is 0 Å². The van der Waals surface area contributed by atoms with E-state index in [0.29, 0.717) is 17.0 Å². The third-order valence-corrected chi connectivity index (χ3v) is 3.79. The van der Waals surface area contributed by atoms with E-state index in [1.54, 1.807) is 24.3 Å². The summed E-state index contributed by atoms with van der Waals surface area (Å²) in [5, 5.41) is 11.0. The van der Waals surface area contributed by atoms with Crippen molar-refractivity contribution in [1.29, 1.82) is 0 Å². The van der Waals surface area contributed by atoms with E-state index in [-0.39, 0.29) is 19.6 Å². The van der Waals surface area contributed by atoms with Crippen LogP contribution in [-0.4, -0.2) is 35.2 Å². The molecular weight excluding hydrogens is 306 g/mol. The quantitative estimate of drug-likeness (QED) is 0.846. The van der Waals surface area contributed by atoms with Crippen LogP contribution < -0.4 is 0 Å². The summed E-state index contributed by atoms with van der Waals surface area (Å²) in [4.78, 5) is 25.1. The maximum atomic E-state index is 12.5. The highest BCUT2D eigenvalue weighted by atomic mass is 35.5. The molecule has 1 aliphatic rings. The minimum Gasteiger partial charge on any atom is -0.447 e. The van der Waals surface area contributed by atoms with Crippen LogP contribution in [0.25, 0.3) is 0 Å². The molecule has 0 saturated carbocycles. The van der Waals surface area contributed by atoms with Crippen molar-refractivity contribution in [2.75, 3.05) is 13.2 Å². The molecule has 0 spiro atoms. The number of nitrogens with zero attached hydrogens (tertiary/aromatic N) is 1. The fraction of sp³-hybridized carbons (Fsp3) is 0.375. The van der Waals surface area contributed by atoms with Crippen LogP contribution in [0.15, 0.2) is 24.3 Å². The number of benzene rings is 1. The third-order valence-electron chi connectivity index (χ3n) is 3.54. The van der Waals surface area contributed by atoms with Gasteiger partial charge >= 0.3 is 6.09 Å². The number of halogens is 1.